The van der Waals surface area contributed by atoms with Gasteiger partial charge in [0.2, 0.25) is 11.8 Å². The summed E-state index contributed by atoms with van der Waals surface area (Å²) in [6, 6.07) is 16.0. The van der Waals surface area contributed by atoms with E-state index in [1.807, 2.05) is 68.4 Å². The number of hydrogen-bond acceptors (Lipinski definition) is 4. The second-order valence-electron chi connectivity index (χ2n) is 7.18. The van der Waals surface area contributed by atoms with Crippen molar-refractivity contribution in [1.29, 1.82) is 0 Å². The molecule has 7 nitrogen and oxygen atoms in total. The molecule has 0 bridgehead atoms. The van der Waals surface area contributed by atoms with E-state index in [4.69, 9.17) is 4.74 Å². The summed E-state index contributed by atoms with van der Waals surface area (Å²) in [5.74, 6) is 0.0677. The van der Waals surface area contributed by atoms with E-state index in [-0.39, 0.29) is 11.8 Å². The summed E-state index contributed by atoms with van der Waals surface area (Å²) in [4.78, 5) is 24.9. The molecule has 0 saturated carbocycles. The summed E-state index contributed by atoms with van der Waals surface area (Å²) < 4.78 is 6.90. The van der Waals surface area contributed by atoms with Crippen LogP contribution >= 0.6 is 0 Å². The number of anilines is 1. The van der Waals surface area contributed by atoms with Crippen LogP contribution < -0.4 is 15.4 Å². The van der Waals surface area contributed by atoms with E-state index >= 15 is 0 Å². The fraction of sp³-hybridized carbons (Fsp3) is 0.208. The predicted molar refractivity (Wildman–Crippen MR) is 121 cm³/mol. The van der Waals surface area contributed by atoms with Crippen molar-refractivity contribution in [3.05, 3.63) is 77.6 Å². The lowest BCUT2D eigenvalue weighted by molar-refractivity contribution is -0.123. The summed E-state index contributed by atoms with van der Waals surface area (Å²) in [6.07, 6.45) is 3.08. The highest BCUT2D eigenvalue weighted by molar-refractivity contribution is 6.00. The number of ether oxygens (including phenoxy) is 1. The highest BCUT2D eigenvalue weighted by Gasteiger charge is 2.17. The SMILES string of the molecule is COc1ccc(/C=C\C(=O)N[C@@H](C)C(=O)Nc2ccccc2-n2nc(C)cc2C)cc1. The molecule has 1 aromatic heterocycles. The number of carbonyl (C=O) groups is 2. The molecule has 0 aliphatic carbocycles. The van der Waals surface area contributed by atoms with E-state index < -0.39 is 6.04 Å². The van der Waals surface area contributed by atoms with Crippen LogP contribution in [0.1, 0.15) is 23.9 Å². The summed E-state index contributed by atoms with van der Waals surface area (Å²) in [5.41, 5.74) is 4.09. The standard InChI is InChI=1S/C24H26N4O3/c1-16-15-17(2)28(27-16)22-8-6-5-7-21(22)26-24(30)18(3)25-23(29)14-11-19-9-12-20(31-4)13-10-19/h5-15,18H,1-4H3,(H,25,29)(H,26,30)/b14-11-/t18-/m0/s1. The Bertz CT molecular complexity index is 1100. The Morgan fingerprint density at radius 1 is 1.10 bits per heavy atom. The minimum absolute atomic E-state index is 0.319. The van der Waals surface area contributed by atoms with E-state index in [2.05, 4.69) is 15.7 Å². The molecule has 0 fully saturated rings. The number of benzene rings is 2. The molecule has 3 aromatic rings. The lowest BCUT2D eigenvalue weighted by atomic mass is 10.2. The molecule has 160 valence electrons. The summed E-state index contributed by atoms with van der Waals surface area (Å²) in [5, 5.41) is 10.1. The van der Waals surface area contributed by atoms with Crippen LogP contribution in [0.5, 0.6) is 5.75 Å². The van der Waals surface area contributed by atoms with E-state index in [0.29, 0.717) is 5.69 Å². The molecule has 0 saturated heterocycles. The van der Waals surface area contributed by atoms with Gasteiger partial charge in [-0.05, 0) is 62.7 Å². The van der Waals surface area contributed by atoms with Crippen molar-refractivity contribution in [2.45, 2.75) is 26.8 Å². The lowest BCUT2D eigenvalue weighted by Crippen LogP contribution is -2.41. The molecule has 0 aliphatic heterocycles. The van der Waals surface area contributed by atoms with Gasteiger partial charge in [0.25, 0.3) is 0 Å². The average Bonchev–Trinajstić information content (AvgIpc) is 3.10. The first-order valence-corrected chi connectivity index (χ1v) is 9.93. The Morgan fingerprint density at radius 2 is 1.81 bits per heavy atom. The van der Waals surface area contributed by atoms with Crippen LogP contribution in [0, 0.1) is 13.8 Å². The van der Waals surface area contributed by atoms with Crippen molar-refractivity contribution >= 4 is 23.6 Å². The second kappa shape index (κ2) is 9.75. The minimum atomic E-state index is -0.721. The molecule has 2 amide bonds. The van der Waals surface area contributed by atoms with Crippen molar-refractivity contribution in [3.8, 4) is 11.4 Å². The fourth-order valence-electron chi connectivity index (χ4n) is 3.09. The van der Waals surface area contributed by atoms with Gasteiger partial charge in [0.15, 0.2) is 0 Å². The lowest BCUT2D eigenvalue weighted by Gasteiger charge is -2.16. The van der Waals surface area contributed by atoms with E-state index in [1.54, 1.807) is 24.8 Å². The van der Waals surface area contributed by atoms with Gasteiger partial charge < -0.3 is 15.4 Å². The van der Waals surface area contributed by atoms with Crippen LogP contribution in [0.3, 0.4) is 0 Å². The molecule has 31 heavy (non-hydrogen) atoms. The molecule has 7 heteroatoms. The Hall–Kier alpha value is -3.87. The van der Waals surface area contributed by atoms with Gasteiger partial charge in [-0.25, -0.2) is 4.68 Å². The van der Waals surface area contributed by atoms with E-state index in [0.717, 1.165) is 28.4 Å². The van der Waals surface area contributed by atoms with Gasteiger partial charge in [-0.2, -0.15) is 5.10 Å². The van der Waals surface area contributed by atoms with Crippen molar-refractivity contribution in [1.82, 2.24) is 15.1 Å². The third-order valence-electron chi connectivity index (χ3n) is 4.69. The van der Waals surface area contributed by atoms with E-state index in [9.17, 15) is 9.59 Å². The Balaban J connectivity index is 1.64. The minimum Gasteiger partial charge on any atom is -0.497 e. The molecule has 1 heterocycles. The number of aryl methyl sites for hydroxylation is 2. The molecular weight excluding hydrogens is 392 g/mol. The summed E-state index contributed by atoms with van der Waals surface area (Å²) >= 11 is 0. The molecular formula is C24H26N4O3. The second-order valence-corrected chi connectivity index (χ2v) is 7.18. The quantitative estimate of drug-likeness (QED) is 0.574. The monoisotopic (exact) mass is 418 g/mol. The molecule has 0 spiro atoms. The fourth-order valence-corrected chi connectivity index (χ4v) is 3.09. The number of aromatic nitrogens is 2. The Morgan fingerprint density at radius 3 is 2.45 bits per heavy atom. The zero-order valence-electron chi connectivity index (χ0n) is 18.0. The highest BCUT2D eigenvalue weighted by atomic mass is 16.5. The predicted octanol–water partition coefficient (Wildman–Crippen LogP) is 3.65. The van der Waals surface area contributed by atoms with E-state index in [1.165, 1.54) is 6.08 Å². The number of nitrogens with one attached hydrogen (secondary N) is 2. The first-order valence-electron chi connectivity index (χ1n) is 9.93. The number of amides is 2. The Kier molecular flexibility index (Phi) is 6.87. The molecule has 0 unspecified atom stereocenters. The van der Waals surface area contributed by atoms with Crippen LogP contribution in [0.15, 0.2) is 60.7 Å². The van der Waals surface area contributed by atoms with Gasteiger partial charge in [0.05, 0.1) is 24.2 Å². The first kappa shape index (κ1) is 21.8. The number of rotatable bonds is 7. The maximum absolute atomic E-state index is 12.7. The van der Waals surface area contributed by atoms with Gasteiger partial charge >= 0.3 is 0 Å². The number of hydrogen-bond donors (Lipinski definition) is 2. The average molecular weight is 418 g/mol. The molecule has 2 N–H and O–H groups in total. The van der Waals surface area contributed by atoms with Gasteiger partial charge in [0.1, 0.15) is 11.8 Å². The number of carbonyl (C=O) groups excluding carboxylic acids is 2. The van der Waals surface area contributed by atoms with Gasteiger partial charge in [-0.15, -0.1) is 0 Å². The summed E-state index contributed by atoms with van der Waals surface area (Å²) in [6.45, 7) is 5.51. The van der Waals surface area contributed by atoms with Crippen molar-refractivity contribution in [2.75, 3.05) is 12.4 Å². The van der Waals surface area contributed by atoms with Crippen LogP contribution in [-0.4, -0.2) is 34.7 Å². The summed E-state index contributed by atoms with van der Waals surface area (Å²) in [7, 11) is 1.60. The topological polar surface area (TPSA) is 85.2 Å². The maximum atomic E-state index is 12.7. The number of methoxy groups -OCH3 is 1. The van der Waals surface area contributed by atoms with Gasteiger partial charge in [-0.3, -0.25) is 9.59 Å². The number of nitrogens with zero attached hydrogens (tertiary/aromatic N) is 2. The van der Waals surface area contributed by atoms with Crippen molar-refractivity contribution in [3.63, 3.8) is 0 Å². The zero-order valence-corrected chi connectivity index (χ0v) is 18.0. The normalized spacial score (nSPS) is 11.9. The Labute approximate surface area is 181 Å². The maximum Gasteiger partial charge on any atom is 0.246 e. The molecule has 1 atom stereocenters. The third kappa shape index (κ3) is 5.60. The molecule has 0 aliphatic rings. The van der Waals surface area contributed by atoms with Crippen LogP contribution in [0.4, 0.5) is 5.69 Å². The molecule has 0 radical (unpaired) electrons. The molecule has 3 rings (SSSR count). The molecule has 2 aromatic carbocycles. The highest BCUT2D eigenvalue weighted by Crippen LogP contribution is 2.21. The number of para-hydroxylation sites is 2. The third-order valence-corrected chi connectivity index (χ3v) is 4.69. The van der Waals surface area contributed by atoms with Crippen LogP contribution in [-0.2, 0) is 9.59 Å². The van der Waals surface area contributed by atoms with Crippen molar-refractivity contribution in [2.24, 2.45) is 0 Å². The smallest absolute Gasteiger partial charge is 0.246 e. The van der Waals surface area contributed by atoms with Crippen LogP contribution in [0.25, 0.3) is 11.8 Å². The van der Waals surface area contributed by atoms with Gasteiger partial charge in [0, 0.05) is 11.8 Å². The first-order chi connectivity index (χ1) is 14.9. The largest absolute Gasteiger partial charge is 0.497 e. The van der Waals surface area contributed by atoms with Gasteiger partial charge in [-0.1, -0.05) is 24.3 Å². The van der Waals surface area contributed by atoms with Crippen LogP contribution in [0.2, 0.25) is 0 Å². The zero-order chi connectivity index (χ0) is 22.4. The van der Waals surface area contributed by atoms with Crippen molar-refractivity contribution < 1.29 is 14.3 Å².